The summed E-state index contributed by atoms with van der Waals surface area (Å²) in [6.45, 7) is 0.265. The average molecular weight is 358 g/mol. The lowest BCUT2D eigenvalue weighted by molar-refractivity contribution is 0.0955. The van der Waals surface area contributed by atoms with Crippen LogP contribution >= 0.6 is 0 Å². The van der Waals surface area contributed by atoms with Crippen LogP contribution in [0.1, 0.15) is 21.5 Å². The Kier molecular flexibility index (Phi) is 6.14. The van der Waals surface area contributed by atoms with Crippen LogP contribution in [0, 0.1) is 11.3 Å². The maximum absolute atomic E-state index is 12.1. The number of amides is 1. The number of nitrogens with one attached hydrogen (secondary N) is 1. The Bertz CT molecular complexity index is 901. The Hall–Kier alpha value is -2.85. The molecular weight excluding hydrogens is 340 g/mol. The quantitative estimate of drug-likeness (QED) is 0.815. The zero-order chi connectivity index (χ0) is 18.3. The van der Waals surface area contributed by atoms with Gasteiger partial charge in [0, 0.05) is 23.9 Å². The second kappa shape index (κ2) is 8.31. The summed E-state index contributed by atoms with van der Waals surface area (Å²) < 4.78 is 27.8. The monoisotopic (exact) mass is 358 g/mol. The third-order valence-electron chi connectivity index (χ3n) is 3.39. The van der Waals surface area contributed by atoms with Crippen molar-refractivity contribution in [2.45, 2.75) is 6.61 Å². The number of nitriles is 1. The topological polar surface area (TPSA) is 96.3 Å². The first-order valence-electron chi connectivity index (χ1n) is 7.56. The molecule has 2 rings (SSSR count). The highest BCUT2D eigenvalue weighted by molar-refractivity contribution is 7.90. The minimum atomic E-state index is -3.12. The maximum atomic E-state index is 12.1. The van der Waals surface area contributed by atoms with Crippen molar-refractivity contribution < 1.29 is 17.9 Å². The van der Waals surface area contributed by atoms with Gasteiger partial charge in [0.05, 0.1) is 17.4 Å². The van der Waals surface area contributed by atoms with E-state index in [2.05, 4.69) is 11.4 Å². The van der Waals surface area contributed by atoms with Crippen LogP contribution < -0.4 is 10.1 Å². The van der Waals surface area contributed by atoms with Gasteiger partial charge in [-0.3, -0.25) is 4.79 Å². The molecule has 1 amide bonds. The Morgan fingerprint density at radius 3 is 2.68 bits per heavy atom. The number of ether oxygens (including phenoxy) is 1. The van der Waals surface area contributed by atoms with Gasteiger partial charge in [-0.1, -0.05) is 24.3 Å². The average Bonchev–Trinajstić information content (AvgIpc) is 2.59. The molecule has 0 bridgehead atoms. The zero-order valence-corrected chi connectivity index (χ0v) is 14.5. The van der Waals surface area contributed by atoms with Gasteiger partial charge in [0.15, 0.2) is 0 Å². The van der Waals surface area contributed by atoms with E-state index >= 15 is 0 Å². The first kappa shape index (κ1) is 18.5. The summed E-state index contributed by atoms with van der Waals surface area (Å²) in [7, 11) is -3.12. The molecule has 2 aromatic rings. The molecule has 0 spiro atoms. The summed E-state index contributed by atoms with van der Waals surface area (Å²) in [5, 5.41) is 11.6. The van der Waals surface area contributed by atoms with E-state index in [0.29, 0.717) is 16.9 Å². The molecule has 0 aromatic heterocycles. The summed E-state index contributed by atoms with van der Waals surface area (Å²) >= 11 is 0. The number of rotatable bonds is 7. The first-order chi connectivity index (χ1) is 11.9. The van der Waals surface area contributed by atoms with Crippen LogP contribution in [0.5, 0.6) is 5.75 Å². The van der Waals surface area contributed by atoms with Gasteiger partial charge in [-0.05, 0) is 24.3 Å². The van der Waals surface area contributed by atoms with Gasteiger partial charge in [-0.25, -0.2) is 8.42 Å². The highest BCUT2D eigenvalue weighted by Crippen LogP contribution is 2.16. The number of benzene rings is 2. The predicted molar refractivity (Wildman–Crippen MR) is 94.0 cm³/mol. The second-order valence-corrected chi connectivity index (χ2v) is 7.73. The third kappa shape index (κ3) is 5.94. The van der Waals surface area contributed by atoms with Gasteiger partial charge < -0.3 is 10.1 Å². The molecule has 1 N–H and O–H groups in total. The highest BCUT2D eigenvalue weighted by Gasteiger charge is 2.09. The van der Waals surface area contributed by atoms with E-state index < -0.39 is 9.84 Å². The lowest BCUT2D eigenvalue weighted by Crippen LogP contribution is -2.28. The van der Waals surface area contributed by atoms with Crippen LogP contribution in [-0.4, -0.2) is 32.9 Å². The molecular formula is C18H18N2O4S. The molecule has 0 saturated heterocycles. The lowest BCUT2D eigenvalue weighted by Gasteiger charge is -2.09. The Morgan fingerprint density at radius 2 is 1.96 bits per heavy atom. The summed E-state index contributed by atoms with van der Waals surface area (Å²) in [4.78, 5) is 12.1. The minimum Gasteiger partial charge on any atom is -0.489 e. The van der Waals surface area contributed by atoms with E-state index in [1.807, 2.05) is 6.07 Å². The second-order valence-electron chi connectivity index (χ2n) is 5.47. The molecule has 0 aliphatic heterocycles. The van der Waals surface area contributed by atoms with Crippen molar-refractivity contribution in [1.82, 2.24) is 5.32 Å². The molecule has 7 heteroatoms. The van der Waals surface area contributed by atoms with Crippen LogP contribution in [0.25, 0.3) is 0 Å². The van der Waals surface area contributed by atoms with E-state index in [0.717, 1.165) is 11.8 Å². The van der Waals surface area contributed by atoms with Crippen LogP contribution in [0.3, 0.4) is 0 Å². The van der Waals surface area contributed by atoms with Gasteiger partial charge in [0.25, 0.3) is 5.91 Å². The normalized spacial score (nSPS) is 10.7. The van der Waals surface area contributed by atoms with Crippen molar-refractivity contribution in [2.75, 3.05) is 18.6 Å². The maximum Gasteiger partial charge on any atom is 0.251 e. The smallest absolute Gasteiger partial charge is 0.251 e. The van der Waals surface area contributed by atoms with E-state index in [1.165, 1.54) is 0 Å². The summed E-state index contributed by atoms with van der Waals surface area (Å²) in [6.07, 6.45) is 1.12. The number of hydrogen-bond donors (Lipinski definition) is 1. The Morgan fingerprint density at radius 1 is 1.20 bits per heavy atom. The number of nitrogens with zero attached hydrogens (tertiary/aromatic N) is 1. The predicted octanol–water partition coefficient (Wildman–Crippen LogP) is 1.91. The van der Waals surface area contributed by atoms with Gasteiger partial charge in [-0.15, -0.1) is 0 Å². The molecule has 130 valence electrons. The molecule has 0 radical (unpaired) electrons. The SMILES string of the molecule is CS(=O)(=O)CCNC(=O)c1cccc(OCc2ccccc2C#N)c1. The van der Waals surface area contributed by atoms with E-state index in [1.54, 1.807) is 42.5 Å². The standard InChI is InChI=1S/C18H18N2O4S/c1-25(22,23)10-9-20-18(21)14-7-4-8-17(11-14)24-13-16-6-3-2-5-15(16)12-19/h2-8,11H,9-10,13H2,1H3,(H,20,21). The largest absolute Gasteiger partial charge is 0.489 e. The zero-order valence-electron chi connectivity index (χ0n) is 13.7. The fraction of sp³-hybridized carbons (Fsp3) is 0.222. The number of carbonyl (C=O) groups is 1. The Labute approximate surface area is 147 Å². The fourth-order valence-corrected chi connectivity index (χ4v) is 2.57. The molecule has 0 aliphatic rings. The van der Waals surface area contributed by atoms with E-state index in [9.17, 15) is 13.2 Å². The molecule has 0 aliphatic carbocycles. The van der Waals surface area contributed by atoms with Crippen LogP contribution in [0.15, 0.2) is 48.5 Å². The minimum absolute atomic E-state index is 0.0539. The van der Waals surface area contributed by atoms with Crippen molar-refractivity contribution in [3.05, 3.63) is 65.2 Å². The summed E-state index contributed by atoms with van der Waals surface area (Å²) in [6, 6.07) is 15.8. The number of sulfone groups is 1. The van der Waals surface area contributed by atoms with Crippen LogP contribution in [0.4, 0.5) is 0 Å². The third-order valence-corrected chi connectivity index (χ3v) is 4.33. The van der Waals surface area contributed by atoms with Crippen molar-refractivity contribution in [1.29, 1.82) is 5.26 Å². The first-order valence-corrected chi connectivity index (χ1v) is 9.62. The van der Waals surface area contributed by atoms with Gasteiger partial charge in [0.1, 0.15) is 22.2 Å². The van der Waals surface area contributed by atoms with Crippen LogP contribution in [0.2, 0.25) is 0 Å². The van der Waals surface area contributed by atoms with Crippen molar-refractivity contribution >= 4 is 15.7 Å². The molecule has 6 nitrogen and oxygen atoms in total. The van der Waals surface area contributed by atoms with Gasteiger partial charge in [-0.2, -0.15) is 5.26 Å². The van der Waals surface area contributed by atoms with Crippen molar-refractivity contribution in [3.8, 4) is 11.8 Å². The number of carbonyl (C=O) groups excluding carboxylic acids is 1. The number of hydrogen-bond acceptors (Lipinski definition) is 5. The Balaban J connectivity index is 1.99. The van der Waals surface area contributed by atoms with Crippen LogP contribution in [-0.2, 0) is 16.4 Å². The fourth-order valence-electron chi connectivity index (χ4n) is 2.10. The molecule has 25 heavy (non-hydrogen) atoms. The molecule has 0 fully saturated rings. The lowest BCUT2D eigenvalue weighted by atomic mass is 10.1. The van der Waals surface area contributed by atoms with E-state index in [4.69, 9.17) is 10.00 Å². The van der Waals surface area contributed by atoms with Crippen molar-refractivity contribution in [2.24, 2.45) is 0 Å². The van der Waals surface area contributed by atoms with Gasteiger partial charge >= 0.3 is 0 Å². The van der Waals surface area contributed by atoms with E-state index in [-0.39, 0.29) is 24.8 Å². The highest BCUT2D eigenvalue weighted by atomic mass is 32.2. The van der Waals surface area contributed by atoms with Crippen molar-refractivity contribution in [3.63, 3.8) is 0 Å². The molecule has 0 atom stereocenters. The molecule has 0 saturated carbocycles. The molecule has 0 heterocycles. The molecule has 0 unspecified atom stereocenters. The summed E-state index contributed by atoms with van der Waals surface area (Å²) in [5.74, 6) is 0.00916. The summed E-state index contributed by atoms with van der Waals surface area (Å²) in [5.41, 5.74) is 1.67. The van der Waals surface area contributed by atoms with Gasteiger partial charge in [0.2, 0.25) is 0 Å². The molecule has 2 aromatic carbocycles.